The number of hydrogen-bond acceptors (Lipinski definition) is 5. The molecule has 2 aliphatic heterocycles. The molecule has 1 aromatic carbocycles. The highest BCUT2D eigenvalue weighted by atomic mass is 32.2. The van der Waals surface area contributed by atoms with E-state index in [2.05, 4.69) is 34.5 Å². The lowest BCUT2D eigenvalue weighted by Crippen LogP contribution is -2.38. The Kier molecular flexibility index (Phi) is 5.75. The Balaban J connectivity index is 1.22. The Labute approximate surface area is 177 Å². The number of unbranched alkanes of at least 4 members (excludes halogenated alkanes) is 1. The van der Waals surface area contributed by atoms with E-state index in [9.17, 15) is 13.2 Å². The summed E-state index contributed by atoms with van der Waals surface area (Å²) in [5.74, 6) is 0.275. The summed E-state index contributed by atoms with van der Waals surface area (Å²) in [6.07, 6.45) is 4.23. The highest BCUT2D eigenvalue weighted by Gasteiger charge is 2.51. The molecule has 158 valence electrons. The van der Waals surface area contributed by atoms with E-state index in [4.69, 9.17) is 0 Å². The van der Waals surface area contributed by atoms with Crippen molar-refractivity contribution in [2.24, 2.45) is 0 Å². The average molecular weight is 435 g/mol. The summed E-state index contributed by atoms with van der Waals surface area (Å²) < 4.78 is 24.4. The second-order valence-corrected chi connectivity index (χ2v) is 12.3. The number of nitrogens with zero attached hydrogens (tertiary/aromatic N) is 2. The van der Waals surface area contributed by atoms with Crippen molar-refractivity contribution in [2.75, 3.05) is 32.1 Å². The first-order chi connectivity index (χ1) is 13.8. The molecule has 1 amide bonds. The zero-order valence-corrected chi connectivity index (χ0v) is 18.9. The smallest absolute Gasteiger partial charge is 0.244 e. The van der Waals surface area contributed by atoms with Crippen LogP contribution in [0.2, 0.25) is 0 Å². The maximum absolute atomic E-state index is 12.3. The fourth-order valence-corrected chi connectivity index (χ4v) is 6.94. The van der Waals surface area contributed by atoms with E-state index in [1.54, 1.807) is 0 Å². The molecule has 2 aromatic rings. The quantitative estimate of drug-likeness (QED) is 0.648. The molecular formula is C22H30N2O3S2. The van der Waals surface area contributed by atoms with Gasteiger partial charge < -0.3 is 9.80 Å². The fraction of sp³-hybridized carbons (Fsp3) is 0.591. The first-order valence-corrected chi connectivity index (χ1v) is 13.0. The van der Waals surface area contributed by atoms with E-state index >= 15 is 0 Å². The summed E-state index contributed by atoms with van der Waals surface area (Å²) in [5, 5.41) is 3.76. The first-order valence-electron chi connectivity index (χ1n) is 10.5. The van der Waals surface area contributed by atoms with Crippen LogP contribution in [0.4, 0.5) is 0 Å². The number of hydrogen-bond donors (Lipinski definition) is 0. The highest BCUT2D eigenvalue weighted by molar-refractivity contribution is 7.94. The van der Waals surface area contributed by atoms with Crippen LogP contribution in [0.15, 0.2) is 29.6 Å². The lowest BCUT2D eigenvalue weighted by molar-refractivity contribution is -0.130. The van der Waals surface area contributed by atoms with Gasteiger partial charge in [-0.25, -0.2) is 8.42 Å². The number of sulfone groups is 1. The minimum absolute atomic E-state index is 0.126. The number of thiophene rings is 1. The van der Waals surface area contributed by atoms with Crippen molar-refractivity contribution >= 4 is 37.2 Å². The largest absolute Gasteiger partial charge is 0.327 e. The first kappa shape index (κ1) is 20.8. The Morgan fingerprint density at radius 3 is 2.48 bits per heavy atom. The van der Waals surface area contributed by atoms with Gasteiger partial charge in [0.1, 0.15) is 10.6 Å². The van der Waals surface area contributed by atoms with Gasteiger partial charge in [0.25, 0.3) is 0 Å². The summed E-state index contributed by atoms with van der Waals surface area (Å²) in [6, 6.07) is 8.69. The van der Waals surface area contributed by atoms with Gasteiger partial charge in [-0.3, -0.25) is 4.79 Å². The summed E-state index contributed by atoms with van der Waals surface area (Å²) in [7, 11) is -3.36. The molecule has 2 fully saturated rings. The number of piperidine rings is 1. The average Bonchev–Trinajstić information content (AvgIpc) is 3.19. The van der Waals surface area contributed by atoms with Gasteiger partial charge in [0.2, 0.25) is 5.91 Å². The van der Waals surface area contributed by atoms with Crippen LogP contribution in [0.5, 0.6) is 0 Å². The van der Waals surface area contributed by atoms with Gasteiger partial charge in [0.05, 0.1) is 0 Å². The van der Waals surface area contributed by atoms with Crippen molar-refractivity contribution in [3.63, 3.8) is 0 Å². The number of benzene rings is 1. The van der Waals surface area contributed by atoms with Crippen LogP contribution in [-0.2, 0) is 14.6 Å². The second kappa shape index (κ2) is 8.00. The number of likely N-dealkylation sites (tertiary alicyclic amines) is 1. The van der Waals surface area contributed by atoms with Gasteiger partial charge in [-0.05, 0) is 87.5 Å². The van der Waals surface area contributed by atoms with E-state index < -0.39 is 14.6 Å². The van der Waals surface area contributed by atoms with Crippen molar-refractivity contribution in [3.8, 4) is 0 Å². The van der Waals surface area contributed by atoms with Crippen molar-refractivity contribution < 1.29 is 13.2 Å². The zero-order chi connectivity index (χ0) is 20.6. The second-order valence-electron chi connectivity index (χ2n) is 8.83. The van der Waals surface area contributed by atoms with Gasteiger partial charge in [-0.15, -0.1) is 11.3 Å². The minimum atomic E-state index is -3.36. The number of carbonyl (C=O) groups is 1. The predicted molar refractivity (Wildman–Crippen MR) is 119 cm³/mol. The standard InChI is InChI=1S/C22H30N2O3S2/c1-22(2)21(25)24(16-29(22,26)27)12-6-5-11-23-13-9-17(10-14-23)19-15-28-20-8-4-3-7-18(19)20/h3-4,7-8,15,17H,5-6,9-14,16H2,1-2H3. The van der Waals surface area contributed by atoms with E-state index in [0.717, 1.165) is 32.5 Å². The Morgan fingerprint density at radius 2 is 1.79 bits per heavy atom. The maximum Gasteiger partial charge on any atom is 0.244 e. The zero-order valence-electron chi connectivity index (χ0n) is 17.3. The number of rotatable bonds is 6. The SMILES string of the molecule is CC1(C)C(=O)N(CCCCN2CCC(c3csc4ccccc34)CC2)CS1(=O)=O. The molecule has 0 aliphatic carbocycles. The molecule has 0 saturated carbocycles. The van der Waals surface area contributed by atoms with Gasteiger partial charge in [0.15, 0.2) is 9.84 Å². The molecule has 2 aliphatic rings. The molecule has 4 rings (SSSR count). The minimum Gasteiger partial charge on any atom is -0.327 e. The molecule has 0 spiro atoms. The van der Waals surface area contributed by atoms with Crippen LogP contribution in [0.25, 0.3) is 10.1 Å². The van der Waals surface area contributed by atoms with Crippen LogP contribution in [0, 0.1) is 0 Å². The van der Waals surface area contributed by atoms with Gasteiger partial charge >= 0.3 is 0 Å². The van der Waals surface area contributed by atoms with Crippen molar-refractivity contribution in [3.05, 3.63) is 35.2 Å². The number of amides is 1. The normalized spacial score (nSPS) is 22.6. The predicted octanol–water partition coefficient (Wildman–Crippen LogP) is 3.85. The van der Waals surface area contributed by atoms with Crippen LogP contribution in [-0.4, -0.2) is 60.9 Å². The summed E-state index contributed by atoms with van der Waals surface area (Å²) >= 11 is 1.85. The topological polar surface area (TPSA) is 57.7 Å². The molecule has 0 unspecified atom stereocenters. The van der Waals surface area contributed by atoms with Crippen LogP contribution in [0.3, 0.4) is 0 Å². The Morgan fingerprint density at radius 1 is 1.10 bits per heavy atom. The fourth-order valence-electron chi connectivity index (χ4n) is 4.53. The molecule has 2 saturated heterocycles. The van der Waals surface area contributed by atoms with Gasteiger partial charge in [-0.1, -0.05) is 18.2 Å². The summed E-state index contributed by atoms with van der Waals surface area (Å²) in [5.41, 5.74) is 1.52. The Hall–Kier alpha value is -1.44. The molecule has 7 heteroatoms. The van der Waals surface area contributed by atoms with E-state index in [1.807, 2.05) is 11.3 Å². The molecule has 0 bridgehead atoms. The van der Waals surface area contributed by atoms with Crippen molar-refractivity contribution in [1.82, 2.24) is 9.80 Å². The third-order valence-electron chi connectivity index (χ3n) is 6.60. The van der Waals surface area contributed by atoms with Crippen molar-refractivity contribution in [2.45, 2.75) is 50.2 Å². The van der Waals surface area contributed by atoms with E-state index in [1.165, 1.54) is 47.2 Å². The maximum atomic E-state index is 12.3. The summed E-state index contributed by atoms with van der Waals surface area (Å²) in [6.45, 7) is 6.82. The molecule has 5 nitrogen and oxygen atoms in total. The van der Waals surface area contributed by atoms with E-state index in [0.29, 0.717) is 12.5 Å². The Bertz CT molecular complexity index is 988. The molecular weight excluding hydrogens is 404 g/mol. The molecule has 0 atom stereocenters. The molecule has 0 radical (unpaired) electrons. The molecule has 0 N–H and O–H groups in total. The monoisotopic (exact) mass is 434 g/mol. The summed E-state index contributed by atoms with van der Waals surface area (Å²) in [4.78, 5) is 16.3. The van der Waals surface area contributed by atoms with E-state index in [-0.39, 0.29) is 11.8 Å². The highest BCUT2D eigenvalue weighted by Crippen LogP contribution is 2.36. The van der Waals surface area contributed by atoms with Gasteiger partial charge in [0, 0.05) is 11.2 Å². The number of fused-ring (bicyclic) bond motifs is 1. The molecule has 3 heterocycles. The third kappa shape index (κ3) is 3.97. The van der Waals surface area contributed by atoms with Crippen molar-refractivity contribution in [1.29, 1.82) is 0 Å². The number of carbonyl (C=O) groups excluding carboxylic acids is 1. The lowest BCUT2D eigenvalue weighted by atomic mass is 9.89. The van der Waals surface area contributed by atoms with Crippen LogP contribution in [0.1, 0.15) is 51.0 Å². The van der Waals surface area contributed by atoms with Gasteiger partial charge in [-0.2, -0.15) is 0 Å². The van der Waals surface area contributed by atoms with Crippen LogP contribution < -0.4 is 0 Å². The molecule has 29 heavy (non-hydrogen) atoms. The lowest BCUT2D eigenvalue weighted by Gasteiger charge is -2.32. The third-order valence-corrected chi connectivity index (χ3v) is 9.96. The molecule has 1 aromatic heterocycles. The van der Waals surface area contributed by atoms with Crippen LogP contribution >= 0.6 is 11.3 Å².